The van der Waals surface area contributed by atoms with Gasteiger partial charge in [0.1, 0.15) is 11.5 Å². The molecule has 0 bridgehead atoms. The van der Waals surface area contributed by atoms with Crippen molar-refractivity contribution in [3.05, 3.63) is 58.6 Å². The van der Waals surface area contributed by atoms with Crippen LogP contribution >= 0.6 is 11.6 Å². The number of nitrogens with two attached hydrogens (primary N) is 1. The van der Waals surface area contributed by atoms with E-state index >= 15 is 0 Å². The Morgan fingerprint density at radius 1 is 1.12 bits per heavy atom. The number of carbonyl (C=O) groups is 2. The largest absolute Gasteiger partial charge is 0.497 e. The van der Waals surface area contributed by atoms with E-state index in [1.807, 2.05) is 41.3 Å². The van der Waals surface area contributed by atoms with Crippen molar-refractivity contribution >= 4 is 29.1 Å². The summed E-state index contributed by atoms with van der Waals surface area (Å²) in [6.45, 7) is 1.50. The number of piperidine rings is 1. The van der Waals surface area contributed by atoms with Crippen LogP contribution in [0.4, 0.5) is 0 Å². The van der Waals surface area contributed by atoms with E-state index in [1.165, 1.54) is 0 Å². The number of ether oxygens (including phenoxy) is 2. The van der Waals surface area contributed by atoms with Gasteiger partial charge in [0.05, 0.1) is 32.5 Å². The summed E-state index contributed by atoms with van der Waals surface area (Å²) >= 11 is 6.52. The van der Waals surface area contributed by atoms with Gasteiger partial charge in [-0.05, 0) is 49.7 Å². The predicted octanol–water partition coefficient (Wildman–Crippen LogP) is 3.23. The van der Waals surface area contributed by atoms with E-state index in [-0.39, 0.29) is 30.3 Å². The van der Waals surface area contributed by atoms with Crippen LogP contribution in [0.1, 0.15) is 36.4 Å². The number of methoxy groups -OCH3 is 2. The minimum Gasteiger partial charge on any atom is -0.497 e. The van der Waals surface area contributed by atoms with Crippen LogP contribution in [0, 0.1) is 5.92 Å². The second kappa shape index (κ2) is 10.4. The van der Waals surface area contributed by atoms with Crippen molar-refractivity contribution in [3.63, 3.8) is 0 Å². The highest BCUT2D eigenvalue weighted by Gasteiger charge is 2.36. The topological polar surface area (TPSA) is 97.5 Å². The molecule has 0 spiro atoms. The Morgan fingerprint density at radius 3 is 2.50 bits per heavy atom. The fraction of sp³-hybridized carbons (Fsp3) is 0.400. The molecule has 0 saturated carbocycles. The lowest BCUT2D eigenvalue weighted by atomic mass is 9.96. The van der Waals surface area contributed by atoms with Crippen LogP contribution < -0.4 is 15.2 Å². The monoisotopic (exact) mass is 484 g/mol. The molecule has 2 heterocycles. The third-order valence-electron chi connectivity index (χ3n) is 6.50. The molecule has 2 amide bonds. The van der Waals surface area contributed by atoms with Gasteiger partial charge in [0, 0.05) is 29.0 Å². The average Bonchev–Trinajstić information content (AvgIpc) is 3.29. The van der Waals surface area contributed by atoms with Gasteiger partial charge in [-0.2, -0.15) is 5.10 Å². The van der Waals surface area contributed by atoms with Gasteiger partial charge in [-0.1, -0.05) is 29.8 Å². The Kier molecular flexibility index (Phi) is 7.38. The van der Waals surface area contributed by atoms with E-state index < -0.39 is 0 Å². The average molecular weight is 485 g/mol. The molecule has 9 heteroatoms. The second-order valence-corrected chi connectivity index (χ2v) is 8.95. The molecule has 8 nitrogen and oxygen atoms in total. The van der Waals surface area contributed by atoms with Gasteiger partial charge in [-0.15, -0.1) is 0 Å². The molecule has 0 aliphatic carbocycles. The van der Waals surface area contributed by atoms with Crippen molar-refractivity contribution in [2.24, 2.45) is 16.8 Å². The fourth-order valence-electron chi connectivity index (χ4n) is 4.57. The maximum atomic E-state index is 13.4. The normalized spacial score (nSPS) is 19.1. The summed E-state index contributed by atoms with van der Waals surface area (Å²) in [4.78, 5) is 27.0. The highest BCUT2D eigenvalue weighted by Crippen LogP contribution is 2.38. The van der Waals surface area contributed by atoms with Gasteiger partial charge < -0.3 is 15.2 Å². The smallest absolute Gasteiger partial charge is 0.257 e. The van der Waals surface area contributed by atoms with E-state index in [9.17, 15) is 9.59 Å². The summed E-state index contributed by atoms with van der Waals surface area (Å²) < 4.78 is 10.9. The van der Waals surface area contributed by atoms with Gasteiger partial charge in [-0.3, -0.25) is 14.5 Å². The van der Waals surface area contributed by atoms with E-state index in [0.29, 0.717) is 48.9 Å². The van der Waals surface area contributed by atoms with Crippen molar-refractivity contribution in [2.45, 2.75) is 25.3 Å². The van der Waals surface area contributed by atoms with Crippen molar-refractivity contribution < 1.29 is 19.1 Å². The number of hydrogen-bond donors (Lipinski definition) is 1. The number of carbonyl (C=O) groups excluding carboxylic acids is 2. The van der Waals surface area contributed by atoms with Gasteiger partial charge in [0.25, 0.3) is 5.91 Å². The molecule has 180 valence electrons. The third kappa shape index (κ3) is 5.03. The van der Waals surface area contributed by atoms with Crippen LogP contribution in [0.25, 0.3) is 0 Å². The molecule has 34 heavy (non-hydrogen) atoms. The van der Waals surface area contributed by atoms with Gasteiger partial charge in [0.15, 0.2) is 0 Å². The van der Waals surface area contributed by atoms with E-state index in [4.69, 9.17) is 31.9 Å². The minimum absolute atomic E-state index is 0.120. The summed E-state index contributed by atoms with van der Waals surface area (Å²) in [5.41, 5.74) is 7.83. The Balaban J connectivity index is 1.60. The minimum atomic E-state index is -0.328. The fourth-order valence-corrected chi connectivity index (χ4v) is 4.83. The summed E-state index contributed by atoms with van der Waals surface area (Å²) in [7, 11) is 3.19. The van der Waals surface area contributed by atoms with Gasteiger partial charge in [-0.25, -0.2) is 5.01 Å². The maximum Gasteiger partial charge on any atom is 0.257 e. The van der Waals surface area contributed by atoms with Crippen LogP contribution in [-0.4, -0.2) is 61.3 Å². The van der Waals surface area contributed by atoms with Crippen LogP contribution in [0.15, 0.2) is 47.6 Å². The first-order valence-electron chi connectivity index (χ1n) is 11.3. The Labute approximate surface area is 204 Å². The summed E-state index contributed by atoms with van der Waals surface area (Å²) in [6.07, 6.45) is 1.82. The van der Waals surface area contributed by atoms with Crippen molar-refractivity contribution in [1.82, 2.24) is 9.91 Å². The number of hydrogen-bond acceptors (Lipinski definition) is 6. The Bertz CT molecular complexity index is 1100. The summed E-state index contributed by atoms with van der Waals surface area (Å²) in [5, 5.41) is 6.88. The molecule has 2 aliphatic rings. The molecule has 1 saturated heterocycles. The van der Waals surface area contributed by atoms with Crippen molar-refractivity contribution in [1.29, 1.82) is 0 Å². The molecule has 2 aromatic carbocycles. The maximum absolute atomic E-state index is 13.4. The van der Waals surface area contributed by atoms with Crippen molar-refractivity contribution in [3.8, 4) is 11.5 Å². The SMILES string of the molecule is COc1ccc(C2=NN(C(=O)CN3CCC(C(N)=O)CC3)C(c3ccccc3Cl)C2)c(OC)c1. The van der Waals surface area contributed by atoms with Gasteiger partial charge >= 0.3 is 0 Å². The number of hydrazone groups is 1. The molecule has 4 rings (SSSR count). The van der Waals surface area contributed by atoms with Crippen LogP contribution in [-0.2, 0) is 9.59 Å². The predicted molar refractivity (Wildman–Crippen MR) is 130 cm³/mol. The highest BCUT2D eigenvalue weighted by atomic mass is 35.5. The molecule has 2 N–H and O–H groups in total. The lowest BCUT2D eigenvalue weighted by Gasteiger charge is -2.31. The molecule has 1 fully saturated rings. The Morgan fingerprint density at radius 2 is 1.85 bits per heavy atom. The first kappa shape index (κ1) is 24.0. The highest BCUT2D eigenvalue weighted by molar-refractivity contribution is 6.31. The second-order valence-electron chi connectivity index (χ2n) is 8.55. The molecule has 2 aliphatic heterocycles. The molecule has 1 atom stereocenters. The number of nitrogens with zero attached hydrogens (tertiary/aromatic N) is 3. The van der Waals surface area contributed by atoms with E-state index in [2.05, 4.69) is 0 Å². The summed E-state index contributed by atoms with van der Waals surface area (Å²) in [6, 6.07) is 12.7. The number of halogens is 1. The molecule has 0 aromatic heterocycles. The zero-order valence-corrected chi connectivity index (χ0v) is 20.1. The molecule has 0 radical (unpaired) electrons. The standard InChI is InChI=1S/C25H29ClN4O4/c1-33-17-7-8-19(23(13-17)34-2)21-14-22(18-5-3-4-6-20(18)26)30(28-21)24(31)15-29-11-9-16(10-12-29)25(27)32/h3-8,13,16,22H,9-12,14-15H2,1-2H3,(H2,27,32). The summed E-state index contributed by atoms with van der Waals surface area (Å²) in [5.74, 6) is 0.783. The van der Waals surface area contributed by atoms with E-state index in [1.54, 1.807) is 25.3 Å². The number of amides is 2. The zero-order chi connectivity index (χ0) is 24.2. The zero-order valence-electron chi connectivity index (χ0n) is 19.4. The Hall–Kier alpha value is -3.10. The number of benzene rings is 2. The third-order valence-corrected chi connectivity index (χ3v) is 6.84. The lowest BCUT2D eigenvalue weighted by molar-refractivity contribution is -0.134. The van der Waals surface area contributed by atoms with Crippen LogP contribution in [0.5, 0.6) is 11.5 Å². The first-order valence-corrected chi connectivity index (χ1v) is 11.7. The molecule has 1 unspecified atom stereocenters. The first-order chi connectivity index (χ1) is 16.4. The number of likely N-dealkylation sites (tertiary alicyclic amines) is 1. The van der Waals surface area contributed by atoms with E-state index in [0.717, 1.165) is 16.8 Å². The quantitative estimate of drug-likeness (QED) is 0.650. The van der Waals surface area contributed by atoms with Crippen LogP contribution in [0.3, 0.4) is 0 Å². The van der Waals surface area contributed by atoms with Gasteiger partial charge in [0.2, 0.25) is 5.91 Å². The molecule has 2 aromatic rings. The number of primary amides is 1. The van der Waals surface area contributed by atoms with Crippen LogP contribution in [0.2, 0.25) is 5.02 Å². The lowest BCUT2D eigenvalue weighted by Crippen LogP contribution is -2.44. The molecular weight excluding hydrogens is 456 g/mol. The molecular formula is C25H29ClN4O4. The number of rotatable bonds is 7. The van der Waals surface area contributed by atoms with Crippen molar-refractivity contribution in [2.75, 3.05) is 33.9 Å².